The van der Waals surface area contributed by atoms with E-state index in [1.165, 1.54) is 6.92 Å². The molecule has 6 nitrogen and oxygen atoms in total. The molecule has 7 heteroatoms. The summed E-state index contributed by atoms with van der Waals surface area (Å²) >= 11 is 0. The fourth-order valence-corrected chi connectivity index (χ4v) is 2.68. The Kier molecular flexibility index (Phi) is 3.70. The summed E-state index contributed by atoms with van der Waals surface area (Å²) in [5.74, 6) is -3.07. The van der Waals surface area contributed by atoms with Crippen LogP contribution in [0, 0.1) is 24.1 Å². The number of carbonyl (C=O) groups is 1. The fraction of sp³-hybridized carbons (Fsp3) is 0.269. The van der Waals surface area contributed by atoms with Gasteiger partial charge in [-0.05, 0) is 63.7 Å². The second-order valence-electron chi connectivity index (χ2n) is 6.56. The number of pyridine rings is 1. The number of benzene rings is 2. The SMILES string of the molecule is [2H]/C(=C\C([2H])([2H])N(C)C([2H])([2H])[2H])C(=O)Cc1c(OC([2H])([2H])C)c([2H])c2nc([2H])c(C#N)c(Nc3c([2H])c([2H])c(F)c(C)c3[2H])c2c1[2H]. The van der Waals surface area contributed by atoms with E-state index in [2.05, 4.69) is 10.3 Å². The average molecular weight is 461 g/mol. The smallest absolute Gasteiger partial charge is 0.159 e. The molecule has 3 aromatic rings. The summed E-state index contributed by atoms with van der Waals surface area (Å²) in [6.07, 6.45) is -1.34. The molecule has 0 bridgehead atoms. The van der Waals surface area contributed by atoms with Gasteiger partial charge in [-0.2, -0.15) is 5.26 Å². The van der Waals surface area contributed by atoms with Crippen molar-refractivity contribution in [3.05, 3.63) is 71.0 Å². The van der Waals surface area contributed by atoms with Crippen LogP contribution in [0.2, 0.25) is 0 Å². The van der Waals surface area contributed by atoms with Crippen LogP contribution in [0.15, 0.2) is 48.5 Å². The number of aromatic nitrogens is 1. The van der Waals surface area contributed by atoms with Crippen molar-refractivity contribution < 1.29 is 33.1 Å². The number of allylic oxidation sites excluding steroid dienone is 1. The zero-order chi connectivity index (χ0) is 36.1. The van der Waals surface area contributed by atoms with Crippen molar-refractivity contribution in [3.8, 4) is 11.8 Å². The number of anilines is 2. The molecular weight excluding hydrogens is 419 g/mol. The molecule has 0 unspecified atom stereocenters. The van der Waals surface area contributed by atoms with Crippen LogP contribution in [0.4, 0.5) is 15.8 Å². The molecule has 1 heterocycles. The molecule has 1 N–H and O–H groups in total. The minimum atomic E-state index is -2.95. The molecule has 0 amide bonds. The van der Waals surface area contributed by atoms with Crippen molar-refractivity contribution in [2.75, 3.05) is 32.4 Å². The number of halogens is 1. The van der Waals surface area contributed by atoms with Crippen LogP contribution in [0.1, 0.15) is 42.8 Å². The number of likely N-dealkylation sites (N-methyl/N-ethyl adjacent to an activating group) is 1. The first-order valence-corrected chi connectivity index (χ1v) is 9.40. The van der Waals surface area contributed by atoms with Crippen molar-refractivity contribution in [1.82, 2.24) is 9.88 Å². The highest BCUT2D eigenvalue weighted by Crippen LogP contribution is 2.34. The number of ether oxygens (including phenoxy) is 1. The third kappa shape index (κ3) is 5.93. The van der Waals surface area contributed by atoms with Gasteiger partial charge in [0.05, 0.1) is 35.7 Å². The molecule has 3 rings (SSSR count). The molecule has 0 aliphatic rings. The molecule has 2 aromatic carbocycles. The van der Waals surface area contributed by atoms with E-state index >= 15 is 0 Å². The first-order chi connectivity index (χ1) is 21.3. The Bertz CT molecular complexity index is 1840. The van der Waals surface area contributed by atoms with Gasteiger partial charge in [-0.3, -0.25) is 9.78 Å². The molecule has 1 aromatic heterocycles. The van der Waals surface area contributed by atoms with Crippen molar-refractivity contribution in [3.63, 3.8) is 0 Å². The number of hydrogen-bond donors (Lipinski definition) is 1. The predicted molar refractivity (Wildman–Crippen MR) is 128 cm³/mol. The summed E-state index contributed by atoms with van der Waals surface area (Å²) in [7, 11) is 0.903. The van der Waals surface area contributed by atoms with Crippen LogP contribution in [0.3, 0.4) is 0 Å². The Labute approximate surface area is 213 Å². The van der Waals surface area contributed by atoms with Gasteiger partial charge in [0.25, 0.3) is 0 Å². The van der Waals surface area contributed by atoms with Crippen molar-refractivity contribution in [1.29, 1.82) is 5.26 Å². The van der Waals surface area contributed by atoms with Gasteiger partial charge in [-0.1, -0.05) is 6.08 Å². The number of nitriles is 1. The Hall–Kier alpha value is -3.76. The third-order valence-electron chi connectivity index (χ3n) is 4.13. The fourth-order valence-electron chi connectivity index (χ4n) is 2.68. The molecule has 170 valence electrons. The average Bonchev–Trinajstić information content (AvgIpc) is 2.95. The summed E-state index contributed by atoms with van der Waals surface area (Å²) < 4.78 is 132. The van der Waals surface area contributed by atoms with Gasteiger partial charge in [0, 0.05) is 48.6 Å². The quantitative estimate of drug-likeness (QED) is 0.457. The molecule has 0 fully saturated rings. The molecule has 33 heavy (non-hydrogen) atoms. The van der Waals surface area contributed by atoms with Crippen LogP contribution in [-0.4, -0.2) is 42.7 Å². The van der Waals surface area contributed by atoms with E-state index in [9.17, 15) is 14.4 Å². The van der Waals surface area contributed by atoms with E-state index in [4.69, 9.17) is 23.9 Å². The molecule has 0 spiro atoms. The maximum absolute atomic E-state index is 14.4. The van der Waals surface area contributed by atoms with Crippen LogP contribution in [0.5, 0.6) is 5.75 Å². The molecule has 0 aliphatic carbocycles. The lowest BCUT2D eigenvalue weighted by atomic mass is 10.0. The van der Waals surface area contributed by atoms with E-state index in [0.717, 1.165) is 14.0 Å². The van der Waals surface area contributed by atoms with Crippen LogP contribution in [0.25, 0.3) is 10.9 Å². The molecule has 0 radical (unpaired) electrons. The number of nitrogens with one attached hydrogen (secondary N) is 1. The lowest BCUT2D eigenvalue weighted by molar-refractivity contribution is -0.114. The lowest BCUT2D eigenvalue weighted by Gasteiger charge is -2.15. The summed E-state index contributed by atoms with van der Waals surface area (Å²) in [4.78, 5) is 17.4. The highest BCUT2D eigenvalue weighted by molar-refractivity contribution is 5.98. The topological polar surface area (TPSA) is 78.2 Å². The second-order valence-corrected chi connectivity index (χ2v) is 6.56. The Balaban J connectivity index is 2.40. The van der Waals surface area contributed by atoms with E-state index in [-0.39, 0.29) is 5.56 Å². The van der Waals surface area contributed by atoms with Crippen molar-refractivity contribution in [2.24, 2.45) is 0 Å². The molecule has 0 atom stereocenters. The Morgan fingerprint density at radius 3 is 3.03 bits per heavy atom. The van der Waals surface area contributed by atoms with Gasteiger partial charge in [0.15, 0.2) is 5.78 Å². The van der Waals surface area contributed by atoms with E-state index in [1.54, 1.807) is 6.07 Å². The Morgan fingerprint density at radius 2 is 2.30 bits per heavy atom. The minimum Gasteiger partial charge on any atom is -0.494 e. The number of rotatable bonds is 9. The van der Waals surface area contributed by atoms with Gasteiger partial charge in [0.1, 0.15) is 17.6 Å². The molecule has 0 saturated carbocycles. The van der Waals surface area contributed by atoms with Crippen molar-refractivity contribution in [2.45, 2.75) is 20.3 Å². The van der Waals surface area contributed by atoms with Crippen molar-refractivity contribution >= 4 is 28.1 Å². The number of ketones is 1. The number of hydrogen-bond acceptors (Lipinski definition) is 6. The summed E-state index contributed by atoms with van der Waals surface area (Å²) in [6, 6.07) is -3.18. The largest absolute Gasteiger partial charge is 0.494 e. The van der Waals surface area contributed by atoms with Crippen LogP contribution < -0.4 is 10.1 Å². The first kappa shape index (κ1) is 11.4. The maximum Gasteiger partial charge on any atom is 0.159 e. The highest BCUT2D eigenvalue weighted by atomic mass is 19.1. The lowest BCUT2D eigenvalue weighted by Crippen LogP contribution is -2.11. The first-order valence-electron chi connectivity index (χ1n) is 16.4. The van der Waals surface area contributed by atoms with Gasteiger partial charge in [-0.15, -0.1) is 0 Å². The van der Waals surface area contributed by atoms with Crippen LogP contribution >= 0.6 is 0 Å². The minimum absolute atomic E-state index is 0.294. The van der Waals surface area contributed by atoms with Crippen LogP contribution in [-0.2, 0) is 11.2 Å². The number of nitrogens with zero attached hydrogens (tertiary/aromatic N) is 3. The van der Waals surface area contributed by atoms with Gasteiger partial charge in [-0.25, -0.2) is 4.39 Å². The predicted octanol–water partition coefficient (Wildman–Crippen LogP) is 4.93. The zero-order valence-corrected chi connectivity index (χ0v) is 17.8. The summed E-state index contributed by atoms with van der Waals surface area (Å²) in [5.41, 5.74) is -2.95. The molecular formula is C26H27FN4O2. The second kappa shape index (κ2) is 10.7. The standard InChI is InChI=1S/C26H27FN4O2/c1-5-33-25-14-24-22(13-18(25)12-21(32)7-6-10-31(3)4)26(19(15-28)16-29-24)30-20-8-9-23(27)17(2)11-20/h6-9,11,13-14,16H,5,10,12H2,1-4H3,(H,29,30)/b7-6+/i3D3,5D2,7D,8D,9D,10D2,11D,13D,14D,16D. The van der Waals surface area contributed by atoms with Gasteiger partial charge >= 0.3 is 0 Å². The third-order valence-corrected chi connectivity index (χ3v) is 4.13. The van der Waals surface area contributed by atoms with E-state index in [0.29, 0.717) is 11.0 Å². The Morgan fingerprint density at radius 1 is 1.48 bits per heavy atom. The van der Waals surface area contributed by atoms with Gasteiger partial charge < -0.3 is 15.0 Å². The number of fused-ring (bicyclic) bond motifs is 1. The monoisotopic (exact) mass is 460 g/mol. The van der Waals surface area contributed by atoms with E-state index < -0.39 is 120 Å². The maximum atomic E-state index is 14.4. The summed E-state index contributed by atoms with van der Waals surface area (Å²) in [6.45, 7) is -6.19. The molecule has 0 aliphatic heterocycles. The molecule has 0 saturated heterocycles. The van der Waals surface area contributed by atoms with E-state index in [1.807, 2.05) is 0 Å². The highest BCUT2D eigenvalue weighted by Gasteiger charge is 2.16. The van der Waals surface area contributed by atoms with Gasteiger partial charge in [0.2, 0.25) is 0 Å². The number of carbonyl (C=O) groups excluding carboxylic acids is 1. The normalized spacial score (nSPS) is 18.8. The summed E-state index contributed by atoms with van der Waals surface area (Å²) in [5, 5.41) is 12.0. The zero-order valence-electron chi connectivity index (χ0n) is 31.8.